The molecule has 7 heteroatoms. The molecule has 0 aromatic heterocycles. The molecule has 1 unspecified atom stereocenters. The van der Waals surface area contributed by atoms with Crippen LogP contribution in [-0.2, 0) is 9.59 Å². The van der Waals surface area contributed by atoms with Gasteiger partial charge in [0.05, 0.1) is 5.69 Å². The summed E-state index contributed by atoms with van der Waals surface area (Å²) < 4.78 is 5.49. The SMILES string of the molecule is CC1Oc2ccc(NC(=O)CCNC(=O)c3ccc4ccccc4c3)cc2NC1=O. The summed E-state index contributed by atoms with van der Waals surface area (Å²) >= 11 is 0. The van der Waals surface area contributed by atoms with Gasteiger partial charge in [0.15, 0.2) is 6.10 Å². The number of nitrogens with one attached hydrogen (secondary N) is 3. The summed E-state index contributed by atoms with van der Waals surface area (Å²) in [6.07, 6.45) is -0.430. The molecule has 1 heterocycles. The topological polar surface area (TPSA) is 96.5 Å². The Bertz CT molecular complexity index is 1140. The number of fused-ring (bicyclic) bond motifs is 2. The number of amides is 3. The van der Waals surface area contributed by atoms with Crippen LogP contribution in [0.25, 0.3) is 10.8 Å². The zero-order valence-corrected chi connectivity index (χ0v) is 16.4. The number of carbonyl (C=O) groups excluding carboxylic acids is 3. The molecule has 3 N–H and O–H groups in total. The normalized spacial score (nSPS) is 15.0. The van der Waals surface area contributed by atoms with Crippen molar-refractivity contribution in [3.05, 3.63) is 66.2 Å². The minimum Gasteiger partial charge on any atom is -0.479 e. The highest BCUT2D eigenvalue weighted by Crippen LogP contribution is 2.32. The predicted octanol–water partition coefficient (Wildman–Crippen LogP) is 3.32. The van der Waals surface area contributed by atoms with E-state index in [0.717, 1.165) is 10.8 Å². The maximum absolute atomic E-state index is 12.3. The monoisotopic (exact) mass is 403 g/mol. The highest BCUT2D eigenvalue weighted by atomic mass is 16.5. The summed E-state index contributed by atoms with van der Waals surface area (Å²) in [5.74, 6) is -0.147. The third-order valence-corrected chi connectivity index (χ3v) is 4.84. The number of hydrogen-bond acceptors (Lipinski definition) is 4. The Morgan fingerprint density at radius 1 is 1.03 bits per heavy atom. The fraction of sp³-hybridized carbons (Fsp3) is 0.174. The molecule has 1 aliphatic rings. The van der Waals surface area contributed by atoms with E-state index in [1.165, 1.54) is 0 Å². The first-order chi connectivity index (χ1) is 14.5. The van der Waals surface area contributed by atoms with Gasteiger partial charge in [0.2, 0.25) is 5.91 Å². The smallest absolute Gasteiger partial charge is 0.265 e. The molecule has 0 saturated carbocycles. The number of rotatable bonds is 5. The van der Waals surface area contributed by atoms with Gasteiger partial charge in [-0.1, -0.05) is 30.3 Å². The average molecular weight is 403 g/mol. The number of hydrogen-bond donors (Lipinski definition) is 3. The molecule has 7 nitrogen and oxygen atoms in total. The van der Waals surface area contributed by atoms with Crippen molar-refractivity contribution in [2.75, 3.05) is 17.2 Å². The van der Waals surface area contributed by atoms with Gasteiger partial charge in [-0.3, -0.25) is 14.4 Å². The first-order valence-corrected chi connectivity index (χ1v) is 9.68. The Morgan fingerprint density at radius 2 is 1.83 bits per heavy atom. The minimum atomic E-state index is -0.552. The second-order valence-electron chi connectivity index (χ2n) is 7.08. The summed E-state index contributed by atoms with van der Waals surface area (Å²) in [5.41, 5.74) is 1.60. The van der Waals surface area contributed by atoms with Crippen LogP contribution in [0.1, 0.15) is 23.7 Å². The van der Waals surface area contributed by atoms with Crippen LogP contribution in [0.15, 0.2) is 60.7 Å². The molecular weight excluding hydrogens is 382 g/mol. The van der Waals surface area contributed by atoms with E-state index in [2.05, 4.69) is 16.0 Å². The van der Waals surface area contributed by atoms with Gasteiger partial charge in [0.1, 0.15) is 5.75 Å². The lowest BCUT2D eigenvalue weighted by molar-refractivity contribution is -0.122. The number of ether oxygens (including phenoxy) is 1. The molecular formula is C23H21N3O4. The Morgan fingerprint density at radius 3 is 2.67 bits per heavy atom. The minimum absolute atomic E-state index is 0.121. The highest BCUT2D eigenvalue weighted by Gasteiger charge is 2.23. The van der Waals surface area contributed by atoms with Crippen LogP contribution in [-0.4, -0.2) is 30.4 Å². The number of benzene rings is 3. The molecule has 4 rings (SSSR count). The molecule has 1 atom stereocenters. The van der Waals surface area contributed by atoms with E-state index in [9.17, 15) is 14.4 Å². The van der Waals surface area contributed by atoms with Crippen LogP contribution in [0.2, 0.25) is 0 Å². The van der Waals surface area contributed by atoms with E-state index in [4.69, 9.17) is 4.74 Å². The second kappa shape index (κ2) is 8.24. The van der Waals surface area contributed by atoms with Gasteiger partial charge in [-0.2, -0.15) is 0 Å². The van der Waals surface area contributed by atoms with Crippen LogP contribution in [0.4, 0.5) is 11.4 Å². The van der Waals surface area contributed by atoms with E-state index in [-0.39, 0.29) is 30.7 Å². The van der Waals surface area contributed by atoms with E-state index in [1.807, 2.05) is 36.4 Å². The summed E-state index contributed by atoms with van der Waals surface area (Å²) in [7, 11) is 0. The number of anilines is 2. The van der Waals surface area contributed by atoms with E-state index in [0.29, 0.717) is 22.7 Å². The van der Waals surface area contributed by atoms with Gasteiger partial charge in [-0.25, -0.2) is 0 Å². The van der Waals surface area contributed by atoms with Gasteiger partial charge >= 0.3 is 0 Å². The van der Waals surface area contributed by atoms with Crippen molar-refractivity contribution < 1.29 is 19.1 Å². The van der Waals surface area contributed by atoms with Crippen molar-refractivity contribution in [1.82, 2.24) is 5.32 Å². The summed E-state index contributed by atoms with van der Waals surface area (Å²) in [4.78, 5) is 36.3. The Hall–Kier alpha value is -3.87. The van der Waals surface area contributed by atoms with E-state index >= 15 is 0 Å². The maximum atomic E-state index is 12.3. The van der Waals surface area contributed by atoms with Gasteiger partial charge in [-0.05, 0) is 48.0 Å². The van der Waals surface area contributed by atoms with E-state index in [1.54, 1.807) is 31.2 Å². The van der Waals surface area contributed by atoms with Crippen LogP contribution in [0, 0.1) is 0 Å². The molecule has 0 aliphatic carbocycles. The van der Waals surface area contributed by atoms with Crippen molar-refractivity contribution in [3.63, 3.8) is 0 Å². The Balaban J connectivity index is 1.30. The van der Waals surface area contributed by atoms with Crippen molar-refractivity contribution in [3.8, 4) is 5.75 Å². The number of carbonyl (C=O) groups is 3. The predicted molar refractivity (Wildman–Crippen MR) is 115 cm³/mol. The fourth-order valence-electron chi connectivity index (χ4n) is 3.23. The van der Waals surface area contributed by atoms with Crippen molar-refractivity contribution in [1.29, 1.82) is 0 Å². The average Bonchev–Trinajstić information content (AvgIpc) is 2.74. The standard InChI is InChI=1S/C23H21N3O4/c1-14-22(28)26-19-13-18(8-9-20(19)30-14)25-21(27)10-11-24-23(29)17-7-6-15-4-2-3-5-16(15)12-17/h2-9,12-14H,10-11H2,1H3,(H,24,29)(H,25,27)(H,26,28). The first kappa shape index (κ1) is 19.4. The van der Waals surface area contributed by atoms with Crippen molar-refractivity contribution in [2.24, 2.45) is 0 Å². The molecule has 0 fully saturated rings. The largest absolute Gasteiger partial charge is 0.479 e. The summed E-state index contributed by atoms with van der Waals surface area (Å²) in [6, 6.07) is 18.3. The van der Waals surface area contributed by atoms with Crippen molar-refractivity contribution in [2.45, 2.75) is 19.4 Å². The van der Waals surface area contributed by atoms with Gasteiger partial charge < -0.3 is 20.7 Å². The molecule has 0 spiro atoms. The first-order valence-electron chi connectivity index (χ1n) is 9.68. The van der Waals surface area contributed by atoms with Gasteiger partial charge in [0.25, 0.3) is 11.8 Å². The molecule has 3 amide bonds. The Kier molecular flexibility index (Phi) is 5.34. The van der Waals surface area contributed by atoms with Crippen LogP contribution in [0.5, 0.6) is 5.75 Å². The molecule has 3 aromatic rings. The van der Waals surface area contributed by atoms with Gasteiger partial charge in [0, 0.05) is 24.2 Å². The van der Waals surface area contributed by atoms with Crippen LogP contribution in [0.3, 0.4) is 0 Å². The maximum Gasteiger partial charge on any atom is 0.265 e. The zero-order chi connectivity index (χ0) is 21.1. The molecule has 3 aromatic carbocycles. The zero-order valence-electron chi connectivity index (χ0n) is 16.4. The molecule has 0 bridgehead atoms. The van der Waals surface area contributed by atoms with Crippen molar-refractivity contribution >= 4 is 39.9 Å². The third-order valence-electron chi connectivity index (χ3n) is 4.84. The van der Waals surface area contributed by atoms with Crippen LogP contribution >= 0.6 is 0 Å². The lowest BCUT2D eigenvalue weighted by Crippen LogP contribution is -2.34. The summed E-state index contributed by atoms with van der Waals surface area (Å²) in [6.45, 7) is 1.87. The van der Waals surface area contributed by atoms with Gasteiger partial charge in [-0.15, -0.1) is 0 Å². The lowest BCUT2D eigenvalue weighted by atomic mass is 10.1. The fourth-order valence-corrected chi connectivity index (χ4v) is 3.23. The third kappa shape index (κ3) is 4.25. The molecule has 0 saturated heterocycles. The second-order valence-corrected chi connectivity index (χ2v) is 7.08. The van der Waals surface area contributed by atoms with Crippen LogP contribution < -0.4 is 20.7 Å². The van der Waals surface area contributed by atoms with E-state index < -0.39 is 6.10 Å². The quantitative estimate of drug-likeness (QED) is 0.609. The molecule has 0 radical (unpaired) electrons. The summed E-state index contributed by atoms with van der Waals surface area (Å²) in [5, 5.41) is 10.3. The Labute approximate surface area is 173 Å². The highest BCUT2D eigenvalue weighted by molar-refractivity contribution is 6.00. The molecule has 1 aliphatic heterocycles. The molecule has 30 heavy (non-hydrogen) atoms. The molecule has 152 valence electrons. The lowest BCUT2D eigenvalue weighted by Gasteiger charge is -2.23.